The number of carbonyl (C=O) groups excluding carboxylic acids is 1. The summed E-state index contributed by atoms with van der Waals surface area (Å²) >= 11 is 0. The lowest BCUT2D eigenvalue weighted by molar-refractivity contribution is -0.175. The second kappa shape index (κ2) is 10.8. The highest BCUT2D eigenvalue weighted by molar-refractivity contribution is 5.90. The molecule has 0 spiro atoms. The fourth-order valence-electron chi connectivity index (χ4n) is 5.78. The molecule has 3 N–H and O–H groups in total. The van der Waals surface area contributed by atoms with Gasteiger partial charge in [0.25, 0.3) is 0 Å². The van der Waals surface area contributed by atoms with E-state index >= 15 is 0 Å². The Morgan fingerprint density at radius 1 is 1.10 bits per heavy atom. The van der Waals surface area contributed by atoms with Gasteiger partial charge < -0.3 is 20.1 Å². The summed E-state index contributed by atoms with van der Waals surface area (Å²) in [5.74, 6) is -5.69. The first-order valence-electron chi connectivity index (χ1n) is 13.2. The highest BCUT2D eigenvalue weighted by Gasteiger charge is 2.54. The summed E-state index contributed by atoms with van der Waals surface area (Å²) in [6.07, 6.45) is -0.940. The number of hydrogen-bond acceptors (Lipinski definition) is 7. The summed E-state index contributed by atoms with van der Waals surface area (Å²) < 4.78 is 5.84. The number of esters is 1. The van der Waals surface area contributed by atoms with Gasteiger partial charge in [0, 0.05) is 30.3 Å². The molecular weight excluding hydrogens is 500 g/mol. The Kier molecular flexibility index (Phi) is 8.89. The SMILES string of the molecule is Cc1c(CC(C#N)(C(=O)O)C(CC(=O)O)C(=O)OC2CC(C)(C)N(C)C(C)(C)C2)cc(C(C)(C)C)c(O)c1C. The summed E-state index contributed by atoms with van der Waals surface area (Å²) in [6, 6.07) is 3.46. The minimum atomic E-state index is -2.41. The largest absolute Gasteiger partial charge is 0.507 e. The van der Waals surface area contributed by atoms with Crippen molar-refractivity contribution in [1.82, 2.24) is 4.90 Å². The number of aromatic hydroxyl groups is 1. The number of phenolic OH excluding ortho intramolecular Hbond substituents is 1. The third kappa shape index (κ3) is 6.38. The van der Waals surface area contributed by atoms with Gasteiger partial charge in [0.2, 0.25) is 0 Å². The molecule has 0 bridgehead atoms. The number of benzene rings is 1. The highest BCUT2D eigenvalue weighted by Crippen LogP contribution is 2.43. The van der Waals surface area contributed by atoms with Crippen LogP contribution in [0.15, 0.2) is 6.07 Å². The number of nitriles is 1. The zero-order chi connectivity index (χ0) is 30.3. The van der Waals surface area contributed by atoms with Crippen LogP contribution in [0.25, 0.3) is 0 Å². The van der Waals surface area contributed by atoms with Crippen LogP contribution in [-0.4, -0.2) is 62.4 Å². The standard InChI is InChI=1S/C30H44N2O7/c1-17-18(2)24(35)21(27(3,4)5)11-19(17)13-30(16-31,26(37)38)22(12-23(33)34)25(36)39-20-14-28(6,7)32(10)29(8,9)15-20/h11,20,22,35H,12-15H2,1-10H3,(H,33,34)(H,37,38). The summed E-state index contributed by atoms with van der Waals surface area (Å²) in [5.41, 5.74) is -1.46. The van der Waals surface area contributed by atoms with E-state index in [9.17, 15) is 35.0 Å². The minimum Gasteiger partial charge on any atom is -0.507 e. The van der Waals surface area contributed by atoms with E-state index in [4.69, 9.17) is 4.74 Å². The Bertz CT molecular complexity index is 1170. The van der Waals surface area contributed by atoms with Crippen molar-refractivity contribution < 1.29 is 34.4 Å². The normalized spacial score (nSPS) is 19.9. The van der Waals surface area contributed by atoms with E-state index in [0.717, 1.165) is 0 Å². The van der Waals surface area contributed by atoms with Crippen molar-refractivity contribution >= 4 is 17.9 Å². The first-order chi connectivity index (χ1) is 17.6. The quantitative estimate of drug-likeness (QED) is 0.395. The van der Waals surface area contributed by atoms with Crippen molar-refractivity contribution in [2.45, 2.75) is 111 Å². The van der Waals surface area contributed by atoms with E-state index in [0.29, 0.717) is 35.1 Å². The van der Waals surface area contributed by atoms with Crippen molar-refractivity contribution in [1.29, 1.82) is 5.26 Å². The number of rotatable bonds is 8. The second-order valence-corrected chi connectivity index (χ2v) is 13.3. The lowest BCUT2D eigenvalue weighted by Crippen LogP contribution is -2.60. The van der Waals surface area contributed by atoms with Crippen LogP contribution in [0, 0.1) is 36.5 Å². The zero-order valence-electron chi connectivity index (χ0n) is 24.9. The Hall–Kier alpha value is -3.12. The van der Waals surface area contributed by atoms with Gasteiger partial charge in [0.05, 0.1) is 18.4 Å². The molecule has 1 aliphatic heterocycles. The molecule has 1 fully saturated rings. The van der Waals surface area contributed by atoms with Crippen molar-refractivity contribution in [2.24, 2.45) is 11.3 Å². The number of phenols is 1. The fraction of sp³-hybridized carbons (Fsp3) is 0.667. The fourth-order valence-corrected chi connectivity index (χ4v) is 5.78. The van der Waals surface area contributed by atoms with Crippen LogP contribution in [0.1, 0.15) is 90.0 Å². The molecule has 2 unspecified atom stereocenters. The minimum absolute atomic E-state index is 0.0793. The van der Waals surface area contributed by atoms with E-state index < -0.39 is 53.6 Å². The Morgan fingerprint density at radius 2 is 1.62 bits per heavy atom. The number of ether oxygens (including phenoxy) is 1. The molecule has 1 aromatic rings. The van der Waals surface area contributed by atoms with Crippen LogP contribution < -0.4 is 0 Å². The third-order valence-corrected chi connectivity index (χ3v) is 8.64. The maximum absolute atomic E-state index is 13.6. The maximum Gasteiger partial charge on any atom is 0.325 e. The van der Waals surface area contributed by atoms with Gasteiger partial charge in [-0.25, -0.2) is 0 Å². The first kappa shape index (κ1) is 32.1. The van der Waals surface area contributed by atoms with Gasteiger partial charge in [-0.2, -0.15) is 5.26 Å². The molecule has 9 heteroatoms. The third-order valence-electron chi connectivity index (χ3n) is 8.64. The topological polar surface area (TPSA) is 148 Å². The van der Waals surface area contributed by atoms with Crippen molar-refractivity contribution in [3.05, 3.63) is 28.3 Å². The zero-order valence-corrected chi connectivity index (χ0v) is 24.9. The Morgan fingerprint density at radius 3 is 2.03 bits per heavy atom. The van der Waals surface area contributed by atoms with Crippen LogP contribution in [0.5, 0.6) is 5.75 Å². The van der Waals surface area contributed by atoms with E-state index in [-0.39, 0.29) is 16.8 Å². The van der Waals surface area contributed by atoms with Crippen molar-refractivity contribution in [3.63, 3.8) is 0 Å². The molecule has 9 nitrogen and oxygen atoms in total. The number of likely N-dealkylation sites (tertiary alicyclic amines) is 1. The first-order valence-corrected chi connectivity index (χ1v) is 13.2. The number of carbonyl (C=O) groups is 3. The number of carboxylic acids is 2. The predicted molar refractivity (Wildman–Crippen MR) is 146 cm³/mol. The van der Waals surface area contributed by atoms with Gasteiger partial charge in [0.15, 0.2) is 5.41 Å². The molecule has 1 saturated heterocycles. The number of piperidine rings is 1. The maximum atomic E-state index is 13.6. The van der Waals surface area contributed by atoms with Crippen LogP contribution in [0.4, 0.5) is 0 Å². The number of carboxylic acid groups (broad SMARTS) is 2. The summed E-state index contributed by atoms with van der Waals surface area (Å²) in [4.78, 5) is 40.5. The van der Waals surface area contributed by atoms with Gasteiger partial charge in [-0.3, -0.25) is 19.3 Å². The van der Waals surface area contributed by atoms with Gasteiger partial charge >= 0.3 is 17.9 Å². The number of aliphatic carboxylic acids is 2. The summed E-state index contributed by atoms with van der Waals surface area (Å²) in [6.45, 7) is 17.1. The van der Waals surface area contributed by atoms with Gasteiger partial charge in [-0.1, -0.05) is 26.8 Å². The molecule has 39 heavy (non-hydrogen) atoms. The van der Waals surface area contributed by atoms with Gasteiger partial charge in [0.1, 0.15) is 11.9 Å². The highest BCUT2D eigenvalue weighted by atomic mass is 16.5. The lowest BCUT2D eigenvalue weighted by Gasteiger charge is -2.53. The number of nitrogens with zero attached hydrogens (tertiary/aromatic N) is 2. The molecule has 1 aliphatic rings. The van der Waals surface area contributed by atoms with Crippen LogP contribution >= 0.6 is 0 Å². The van der Waals surface area contributed by atoms with Gasteiger partial charge in [-0.05, 0) is 76.3 Å². The van der Waals surface area contributed by atoms with Crippen LogP contribution in [0.3, 0.4) is 0 Å². The lowest BCUT2D eigenvalue weighted by atomic mass is 9.69. The predicted octanol–water partition coefficient (Wildman–Crippen LogP) is 4.73. The summed E-state index contributed by atoms with van der Waals surface area (Å²) in [5, 5.41) is 41.1. The monoisotopic (exact) mass is 544 g/mol. The van der Waals surface area contributed by atoms with Crippen LogP contribution in [-0.2, 0) is 31.0 Å². The van der Waals surface area contributed by atoms with Crippen LogP contribution in [0.2, 0.25) is 0 Å². The molecule has 0 saturated carbocycles. The van der Waals surface area contributed by atoms with E-state index in [2.05, 4.69) is 4.90 Å². The molecule has 216 valence electrons. The summed E-state index contributed by atoms with van der Waals surface area (Å²) in [7, 11) is 1.99. The van der Waals surface area contributed by atoms with E-state index in [1.165, 1.54) is 0 Å². The number of hydrogen-bond donors (Lipinski definition) is 3. The molecule has 2 atom stereocenters. The molecule has 2 rings (SSSR count). The molecule has 0 radical (unpaired) electrons. The molecule has 1 aromatic carbocycles. The molecular formula is C30H44N2O7. The second-order valence-electron chi connectivity index (χ2n) is 13.3. The van der Waals surface area contributed by atoms with Crippen molar-refractivity contribution in [3.8, 4) is 11.8 Å². The molecule has 0 aliphatic carbocycles. The smallest absolute Gasteiger partial charge is 0.325 e. The van der Waals surface area contributed by atoms with E-state index in [1.54, 1.807) is 19.9 Å². The average molecular weight is 545 g/mol. The average Bonchev–Trinajstić information content (AvgIpc) is 2.78. The Balaban J connectivity index is 2.61. The molecule has 0 amide bonds. The van der Waals surface area contributed by atoms with Crippen molar-refractivity contribution in [2.75, 3.05) is 7.05 Å². The molecule has 1 heterocycles. The van der Waals surface area contributed by atoms with Gasteiger partial charge in [-0.15, -0.1) is 0 Å². The van der Waals surface area contributed by atoms with E-state index in [1.807, 2.05) is 61.6 Å². The Labute approximate surface area is 231 Å². The molecule has 0 aromatic heterocycles.